The van der Waals surface area contributed by atoms with E-state index in [0.29, 0.717) is 29.9 Å². The number of hydrogen-bond acceptors (Lipinski definition) is 7. The van der Waals surface area contributed by atoms with Crippen LogP contribution >= 0.6 is 27.7 Å². The van der Waals surface area contributed by atoms with Gasteiger partial charge in [-0.3, -0.25) is 9.80 Å². The molecule has 2 atom stereocenters. The molecule has 2 unspecified atom stereocenters. The van der Waals surface area contributed by atoms with Crippen molar-refractivity contribution in [1.29, 1.82) is 0 Å². The predicted octanol–water partition coefficient (Wildman–Crippen LogP) is 5.03. The van der Waals surface area contributed by atoms with Gasteiger partial charge in [0.2, 0.25) is 0 Å². The van der Waals surface area contributed by atoms with Crippen LogP contribution in [0.5, 0.6) is 11.5 Å². The zero-order valence-electron chi connectivity index (χ0n) is 17.9. The molecule has 0 aliphatic carbocycles. The Hall–Kier alpha value is -2.65. The summed E-state index contributed by atoms with van der Waals surface area (Å²) in [6, 6.07) is 11.2. The second-order valence-electron chi connectivity index (χ2n) is 7.11. The molecule has 0 spiro atoms. The number of halogens is 1. The molecule has 0 bridgehead atoms. The van der Waals surface area contributed by atoms with E-state index in [0.717, 1.165) is 27.0 Å². The second kappa shape index (κ2) is 9.87. The fourth-order valence-corrected chi connectivity index (χ4v) is 4.95. The number of benzene rings is 2. The van der Waals surface area contributed by atoms with E-state index in [1.54, 1.807) is 6.08 Å². The highest BCUT2D eigenvalue weighted by atomic mass is 79.9. The van der Waals surface area contributed by atoms with E-state index in [4.69, 9.17) is 14.6 Å². The summed E-state index contributed by atoms with van der Waals surface area (Å²) in [6.45, 7) is 8.53. The number of anilines is 1. The standard InChI is InChI=1S/C23H25BrN4O3S/c1-4-11-31-20-16(24)12-14(13-18(20)30-5-2)21-25-17-10-8-7-9-15(17)19-22(29)26-23(32-6-3)27-28(19)21/h4,7-10,12-13,19,21,25H,1,5-6,11H2,2-3H3,(H,26,27,29). The summed E-state index contributed by atoms with van der Waals surface area (Å²) in [7, 11) is 0. The Labute approximate surface area is 200 Å². The van der Waals surface area contributed by atoms with Gasteiger partial charge >= 0.3 is 0 Å². The molecular weight excluding hydrogens is 492 g/mol. The van der Waals surface area contributed by atoms with Crippen molar-refractivity contribution in [3.63, 3.8) is 0 Å². The maximum atomic E-state index is 13.1. The molecule has 1 amide bonds. The molecule has 0 fully saturated rings. The molecule has 168 valence electrons. The molecule has 2 aliphatic rings. The summed E-state index contributed by atoms with van der Waals surface area (Å²) in [6.07, 6.45) is 1.31. The summed E-state index contributed by atoms with van der Waals surface area (Å²) in [4.78, 5) is 13.1. The van der Waals surface area contributed by atoms with E-state index in [9.17, 15) is 4.79 Å². The van der Waals surface area contributed by atoms with Gasteiger partial charge in [-0.15, -0.1) is 5.10 Å². The fourth-order valence-electron chi connectivity index (χ4n) is 3.78. The lowest BCUT2D eigenvalue weighted by molar-refractivity contribution is -0.127. The number of ether oxygens (including phenoxy) is 2. The summed E-state index contributed by atoms with van der Waals surface area (Å²) in [5.74, 6) is 1.95. The highest BCUT2D eigenvalue weighted by Crippen LogP contribution is 2.45. The lowest BCUT2D eigenvalue weighted by Crippen LogP contribution is -2.50. The van der Waals surface area contributed by atoms with Crippen molar-refractivity contribution in [3.05, 3.63) is 64.7 Å². The summed E-state index contributed by atoms with van der Waals surface area (Å²) >= 11 is 5.13. The number of amides is 1. The van der Waals surface area contributed by atoms with Gasteiger partial charge in [0.1, 0.15) is 12.8 Å². The third-order valence-electron chi connectivity index (χ3n) is 5.04. The number of nitrogens with zero attached hydrogens (tertiary/aromatic N) is 2. The van der Waals surface area contributed by atoms with Gasteiger partial charge in [-0.2, -0.15) is 0 Å². The molecule has 2 aromatic rings. The van der Waals surface area contributed by atoms with Crippen molar-refractivity contribution in [1.82, 2.24) is 10.3 Å². The van der Waals surface area contributed by atoms with Crippen molar-refractivity contribution in [3.8, 4) is 11.5 Å². The van der Waals surface area contributed by atoms with E-state index in [1.807, 2.05) is 55.3 Å². The Morgan fingerprint density at radius 3 is 2.84 bits per heavy atom. The van der Waals surface area contributed by atoms with Gasteiger partial charge in [0.05, 0.1) is 11.1 Å². The maximum absolute atomic E-state index is 13.1. The lowest BCUT2D eigenvalue weighted by Gasteiger charge is -2.43. The number of amidine groups is 1. The first-order valence-electron chi connectivity index (χ1n) is 10.4. The van der Waals surface area contributed by atoms with Crippen LogP contribution in [0.3, 0.4) is 0 Å². The average Bonchev–Trinajstić information content (AvgIpc) is 2.78. The molecule has 0 saturated heterocycles. The van der Waals surface area contributed by atoms with Crippen LogP contribution in [-0.2, 0) is 4.79 Å². The van der Waals surface area contributed by atoms with Crippen LogP contribution in [0.15, 0.2) is 58.6 Å². The van der Waals surface area contributed by atoms with Gasteiger partial charge < -0.3 is 20.1 Å². The van der Waals surface area contributed by atoms with E-state index in [1.165, 1.54) is 11.8 Å². The Balaban J connectivity index is 1.82. The number of carbonyl (C=O) groups is 1. The summed E-state index contributed by atoms with van der Waals surface area (Å²) in [5.41, 5.74) is 2.68. The number of carbonyl (C=O) groups excluding carboxylic acids is 1. The SMILES string of the molecule is C=CCOc1c(Br)cc(C2Nc3ccccc3C3C(=O)NC(SCC)=NN23)cc1OCC. The fraction of sp³-hybridized carbons (Fsp3) is 0.304. The van der Waals surface area contributed by atoms with E-state index < -0.39 is 6.04 Å². The molecule has 0 saturated carbocycles. The van der Waals surface area contributed by atoms with Crippen LogP contribution < -0.4 is 20.1 Å². The maximum Gasteiger partial charge on any atom is 0.255 e. The zero-order valence-corrected chi connectivity index (χ0v) is 20.3. The molecular formula is C23H25BrN4O3S. The average molecular weight is 517 g/mol. The molecule has 32 heavy (non-hydrogen) atoms. The van der Waals surface area contributed by atoms with Crippen LogP contribution in [0.25, 0.3) is 0 Å². The first-order chi connectivity index (χ1) is 15.6. The Kier molecular flexibility index (Phi) is 6.95. The molecule has 7 nitrogen and oxygen atoms in total. The Morgan fingerprint density at radius 2 is 2.09 bits per heavy atom. The quantitative estimate of drug-likeness (QED) is 0.502. The van der Waals surface area contributed by atoms with Crippen molar-refractivity contribution < 1.29 is 14.3 Å². The molecule has 2 aromatic carbocycles. The largest absolute Gasteiger partial charge is 0.490 e. The number of para-hydroxylation sites is 1. The van der Waals surface area contributed by atoms with Crippen LogP contribution in [0, 0.1) is 0 Å². The predicted molar refractivity (Wildman–Crippen MR) is 132 cm³/mol. The molecule has 0 aromatic heterocycles. The third kappa shape index (κ3) is 4.31. The monoisotopic (exact) mass is 516 g/mol. The van der Waals surface area contributed by atoms with Gasteiger partial charge in [-0.25, -0.2) is 0 Å². The van der Waals surface area contributed by atoms with Crippen molar-refractivity contribution in [2.45, 2.75) is 26.1 Å². The lowest BCUT2D eigenvalue weighted by atomic mass is 9.97. The van der Waals surface area contributed by atoms with E-state index in [2.05, 4.69) is 33.1 Å². The van der Waals surface area contributed by atoms with E-state index >= 15 is 0 Å². The summed E-state index contributed by atoms with van der Waals surface area (Å²) in [5, 5.41) is 13.7. The van der Waals surface area contributed by atoms with Crippen LogP contribution in [-0.4, -0.2) is 35.1 Å². The number of thioether (sulfide) groups is 1. The third-order valence-corrected chi connectivity index (χ3v) is 6.37. The van der Waals surface area contributed by atoms with E-state index in [-0.39, 0.29) is 12.1 Å². The minimum atomic E-state index is -0.537. The van der Waals surface area contributed by atoms with Gasteiger partial charge in [0.15, 0.2) is 22.7 Å². The minimum Gasteiger partial charge on any atom is -0.490 e. The molecule has 9 heteroatoms. The Bertz CT molecular complexity index is 1060. The van der Waals surface area contributed by atoms with Gasteiger partial charge in [0.25, 0.3) is 5.91 Å². The zero-order chi connectivity index (χ0) is 22.7. The molecule has 2 N–H and O–H groups in total. The number of hydrazone groups is 1. The first kappa shape index (κ1) is 22.5. The number of fused-ring (bicyclic) bond motifs is 3. The smallest absolute Gasteiger partial charge is 0.255 e. The van der Waals surface area contributed by atoms with Crippen molar-refractivity contribution in [2.75, 3.05) is 24.3 Å². The minimum absolute atomic E-state index is 0.0927. The first-order valence-corrected chi connectivity index (χ1v) is 12.2. The summed E-state index contributed by atoms with van der Waals surface area (Å²) < 4.78 is 12.5. The van der Waals surface area contributed by atoms with Crippen molar-refractivity contribution in [2.24, 2.45) is 5.10 Å². The number of nitrogens with one attached hydrogen (secondary N) is 2. The van der Waals surface area contributed by atoms with Crippen molar-refractivity contribution >= 4 is 44.5 Å². The highest BCUT2D eigenvalue weighted by molar-refractivity contribution is 9.10. The topological polar surface area (TPSA) is 75.2 Å². The van der Waals surface area contributed by atoms with Crippen LogP contribution in [0.2, 0.25) is 0 Å². The molecule has 0 radical (unpaired) electrons. The molecule has 2 aliphatic heterocycles. The highest BCUT2D eigenvalue weighted by Gasteiger charge is 2.42. The van der Waals surface area contributed by atoms with Crippen LogP contribution in [0.4, 0.5) is 5.69 Å². The molecule has 4 rings (SSSR count). The van der Waals surface area contributed by atoms with Gasteiger partial charge in [0, 0.05) is 16.8 Å². The number of hydrogen-bond donors (Lipinski definition) is 2. The number of rotatable bonds is 7. The Morgan fingerprint density at radius 1 is 1.28 bits per heavy atom. The normalized spacial score (nSPS) is 19.2. The van der Waals surface area contributed by atoms with Gasteiger partial charge in [-0.1, -0.05) is 49.5 Å². The second-order valence-corrected chi connectivity index (χ2v) is 9.21. The molecule has 2 heterocycles. The van der Waals surface area contributed by atoms with Gasteiger partial charge in [-0.05, 0) is 46.8 Å². The van der Waals surface area contributed by atoms with Crippen LogP contribution in [0.1, 0.15) is 37.2 Å².